The van der Waals surface area contributed by atoms with Crippen LogP contribution >= 0.6 is 11.3 Å². The number of thiophene rings is 1. The van der Waals surface area contributed by atoms with Crippen LogP contribution in [0.2, 0.25) is 0 Å². The summed E-state index contributed by atoms with van der Waals surface area (Å²) >= 11 is 1.43. The van der Waals surface area contributed by atoms with Crippen molar-refractivity contribution >= 4 is 37.4 Å². The van der Waals surface area contributed by atoms with Gasteiger partial charge in [-0.05, 0) is 25.0 Å². The number of carbonyl (C=O) groups excluding carboxylic acids is 1. The normalized spacial score (nSPS) is 19.0. The lowest BCUT2D eigenvalue weighted by atomic mass is 10.1. The van der Waals surface area contributed by atoms with Crippen LogP contribution in [0, 0.1) is 6.92 Å². The van der Waals surface area contributed by atoms with Gasteiger partial charge >= 0.3 is 0 Å². The molecule has 5 nitrogen and oxygen atoms in total. The van der Waals surface area contributed by atoms with Crippen LogP contribution in [0.4, 0.5) is 0 Å². The molecular weight excluding hydrogens is 310 g/mol. The highest BCUT2D eigenvalue weighted by Crippen LogP contribution is 2.27. The minimum absolute atomic E-state index is 0.145. The Morgan fingerprint density at radius 2 is 2.24 bits per heavy atom. The van der Waals surface area contributed by atoms with Crippen LogP contribution in [0.25, 0.3) is 10.1 Å². The van der Waals surface area contributed by atoms with Gasteiger partial charge < -0.3 is 4.74 Å². The fourth-order valence-electron chi connectivity index (χ4n) is 2.34. The van der Waals surface area contributed by atoms with Gasteiger partial charge in [0.05, 0.1) is 12.2 Å². The Balaban J connectivity index is 1.87. The number of ether oxygens (including phenoxy) is 1. The Hall–Kier alpha value is -1.44. The summed E-state index contributed by atoms with van der Waals surface area (Å²) in [5.41, 5.74) is 1.50. The number of sulfonamides is 1. The molecule has 1 aliphatic heterocycles. The first-order valence-electron chi connectivity index (χ1n) is 6.59. The first-order valence-corrected chi connectivity index (χ1v) is 9.01. The molecule has 2 aromatic rings. The number of hydrogen-bond acceptors (Lipinski definition) is 5. The van der Waals surface area contributed by atoms with Crippen molar-refractivity contribution in [1.29, 1.82) is 0 Å². The number of carbonyl (C=O) groups is 1. The molecule has 1 unspecified atom stereocenters. The number of amides is 1. The summed E-state index contributed by atoms with van der Waals surface area (Å²) in [6, 6.07) is 5.74. The van der Waals surface area contributed by atoms with Crippen molar-refractivity contribution in [1.82, 2.24) is 4.72 Å². The monoisotopic (exact) mass is 325 g/mol. The Morgan fingerprint density at radius 3 is 2.95 bits per heavy atom. The van der Waals surface area contributed by atoms with Crippen molar-refractivity contribution in [2.45, 2.75) is 18.6 Å². The summed E-state index contributed by atoms with van der Waals surface area (Å²) < 4.78 is 32.5. The predicted molar refractivity (Wildman–Crippen MR) is 82.2 cm³/mol. The Bertz CT molecular complexity index is 788. The van der Waals surface area contributed by atoms with Gasteiger partial charge in [0, 0.05) is 22.1 Å². The van der Waals surface area contributed by atoms with Crippen molar-refractivity contribution in [2.24, 2.45) is 0 Å². The number of hydrogen-bond donors (Lipinski definition) is 1. The summed E-state index contributed by atoms with van der Waals surface area (Å²) in [5.74, 6) is -0.572. The van der Waals surface area contributed by atoms with Crippen LogP contribution in [0.1, 0.15) is 22.3 Å². The SMILES string of the molecule is Cc1ccc2c(C(=O)NS(=O)(=O)C3CCOC3)csc2c1. The predicted octanol–water partition coefficient (Wildman–Crippen LogP) is 2.06. The van der Waals surface area contributed by atoms with Crippen molar-refractivity contribution in [2.75, 3.05) is 13.2 Å². The van der Waals surface area contributed by atoms with Gasteiger partial charge in [0.15, 0.2) is 0 Å². The molecule has 0 bridgehead atoms. The summed E-state index contributed by atoms with van der Waals surface area (Å²) in [6.45, 7) is 2.54. The maximum Gasteiger partial charge on any atom is 0.266 e. The first kappa shape index (κ1) is 14.5. The fourth-order valence-corrected chi connectivity index (χ4v) is 4.59. The van der Waals surface area contributed by atoms with E-state index in [4.69, 9.17) is 4.74 Å². The minimum atomic E-state index is -3.68. The van der Waals surface area contributed by atoms with Gasteiger partial charge in [-0.1, -0.05) is 12.1 Å². The smallest absolute Gasteiger partial charge is 0.266 e. The zero-order chi connectivity index (χ0) is 15.0. The standard InChI is InChI=1S/C14H15NO4S2/c1-9-2-3-11-12(8-20-13(11)6-9)14(16)15-21(17,18)10-4-5-19-7-10/h2-3,6,8,10H,4-5,7H2,1H3,(H,15,16). The number of rotatable bonds is 3. The molecule has 1 N–H and O–H groups in total. The van der Waals surface area contributed by atoms with E-state index in [2.05, 4.69) is 4.72 Å². The number of nitrogens with one attached hydrogen (secondary N) is 1. The van der Waals surface area contributed by atoms with Gasteiger partial charge in [-0.15, -0.1) is 11.3 Å². The Labute approximate surface area is 127 Å². The molecule has 0 spiro atoms. The third-order valence-corrected chi connectivity index (χ3v) is 6.20. The highest BCUT2D eigenvalue weighted by atomic mass is 32.2. The maximum atomic E-state index is 12.3. The topological polar surface area (TPSA) is 72.5 Å². The van der Waals surface area contributed by atoms with Crippen LogP contribution in [-0.4, -0.2) is 32.8 Å². The molecule has 21 heavy (non-hydrogen) atoms. The summed E-state index contributed by atoms with van der Waals surface area (Å²) in [7, 11) is -3.68. The summed E-state index contributed by atoms with van der Waals surface area (Å²) in [6.07, 6.45) is 0.423. The molecule has 0 radical (unpaired) electrons. The van der Waals surface area contributed by atoms with E-state index in [1.165, 1.54) is 11.3 Å². The van der Waals surface area contributed by atoms with Crippen LogP contribution < -0.4 is 4.72 Å². The van der Waals surface area contributed by atoms with Gasteiger partial charge in [0.1, 0.15) is 5.25 Å². The van der Waals surface area contributed by atoms with Crippen LogP contribution in [-0.2, 0) is 14.8 Å². The van der Waals surface area contributed by atoms with E-state index in [1.807, 2.05) is 25.1 Å². The maximum absolute atomic E-state index is 12.3. The summed E-state index contributed by atoms with van der Waals surface area (Å²) in [5, 5.41) is 1.83. The van der Waals surface area contributed by atoms with Crippen molar-refractivity contribution < 1.29 is 17.9 Å². The molecule has 3 rings (SSSR count). The van der Waals surface area contributed by atoms with Crippen LogP contribution in [0.5, 0.6) is 0 Å². The minimum Gasteiger partial charge on any atom is -0.380 e. The van der Waals surface area contributed by atoms with Crippen molar-refractivity contribution in [3.63, 3.8) is 0 Å². The van der Waals surface area contributed by atoms with Gasteiger partial charge in [0.2, 0.25) is 10.0 Å². The zero-order valence-electron chi connectivity index (χ0n) is 11.5. The molecule has 1 aromatic carbocycles. The number of fused-ring (bicyclic) bond motifs is 1. The molecule has 112 valence electrons. The molecule has 0 saturated carbocycles. The molecule has 1 fully saturated rings. The van der Waals surface area contributed by atoms with Crippen molar-refractivity contribution in [3.05, 3.63) is 34.7 Å². The zero-order valence-corrected chi connectivity index (χ0v) is 13.1. The van der Waals surface area contributed by atoms with Gasteiger partial charge in [-0.25, -0.2) is 13.1 Å². The van der Waals surface area contributed by atoms with E-state index in [1.54, 1.807) is 5.38 Å². The molecule has 0 aliphatic carbocycles. The van der Waals surface area contributed by atoms with E-state index in [0.29, 0.717) is 18.6 Å². The molecule has 1 saturated heterocycles. The second kappa shape index (κ2) is 5.40. The van der Waals surface area contributed by atoms with E-state index in [9.17, 15) is 13.2 Å². The lowest BCUT2D eigenvalue weighted by Crippen LogP contribution is -2.38. The average Bonchev–Trinajstić information content (AvgIpc) is 3.07. The lowest BCUT2D eigenvalue weighted by Gasteiger charge is -2.10. The second-order valence-electron chi connectivity index (χ2n) is 5.11. The van der Waals surface area contributed by atoms with Crippen LogP contribution in [0.15, 0.2) is 23.6 Å². The Morgan fingerprint density at radius 1 is 1.43 bits per heavy atom. The molecule has 7 heteroatoms. The first-order chi connectivity index (χ1) is 9.97. The lowest BCUT2D eigenvalue weighted by molar-refractivity contribution is 0.0983. The second-order valence-corrected chi connectivity index (χ2v) is 7.98. The highest BCUT2D eigenvalue weighted by molar-refractivity contribution is 7.90. The molecule has 1 aromatic heterocycles. The molecule has 2 heterocycles. The quantitative estimate of drug-likeness (QED) is 0.937. The number of benzene rings is 1. The third-order valence-electron chi connectivity index (χ3n) is 3.54. The summed E-state index contributed by atoms with van der Waals surface area (Å²) in [4.78, 5) is 12.3. The van der Waals surface area contributed by atoms with Crippen LogP contribution in [0.3, 0.4) is 0 Å². The van der Waals surface area contributed by atoms with E-state index in [0.717, 1.165) is 15.6 Å². The largest absolute Gasteiger partial charge is 0.380 e. The van der Waals surface area contributed by atoms with Gasteiger partial charge in [-0.2, -0.15) is 0 Å². The van der Waals surface area contributed by atoms with Gasteiger partial charge in [-0.3, -0.25) is 4.79 Å². The Kier molecular flexibility index (Phi) is 3.73. The third kappa shape index (κ3) is 2.81. The van der Waals surface area contributed by atoms with E-state index >= 15 is 0 Å². The fraction of sp³-hybridized carbons (Fsp3) is 0.357. The van der Waals surface area contributed by atoms with Crippen molar-refractivity contribution in [3.8, 4) is 0 Å². The average molecular weight is 325 g/mol. The molecular formula is C14H15NO4S2. The van der Waals surface area contributed by atoms with E-state index < -0.39 is 21.2 Å². The molecule has 1 atom stereocenters. The molecule has 1 amide bonds. The van der Waals surface area contributed by atoms with Gasteiger partial charge in [0.25, 0.3) is 5.91 Å². The number of aryl methyl sites for hydroxylation is 1. The highest BCUT2D eigenvalue weighted by Gasteiger charge is 2.31. The molecule has 1 aliphatic rings. The van der Waals surface area contributed by atoms with E-state index in [-0.39, 0.29) is 6.61 Å².